The van der Waals surface area contributed by atoms with E-state index in [1.165, 1.54) is 23.3 Å². The topological polar surface area (TPSA) is 12.0 Å². The van der Waals surface area contributed by atoms with Gasteiger partial charge < -0.3 is 5.32 Å². The third-order valence-electron chi connectivity index (χ3n) is 3.31. The van der Waals surface area contributed by atoms with Crippen LogP contribution >= 0.6 is 11.3 Å². The Balaban J connectivity index is 1.66. The highest BCUT2D eigenvalue weighted by atomic mass is 32.1. The lowest BCUT2D eigenvalue weighted by Crippen LogP contribution is -2.21. The minimum atomic E-state index is 0.565. The molecule has 1 atom stereocenters. The molecule has 1 saturated carbocycles. The monoisotopic (exact) mass is 243 g/mol. The molecule has 1 aromatic heterocycles. The van der Waals surface area contributed by atoms with Crippen LogP contribution in [0.1, 0.15) is 29.3 Å². The highest BCUT2D eigenvalue weighted by molar-refractivity contribution is 7.10. The van der Waals surface area contributed by atoms with Gasteiger partial charge in [-0.05, 0) is 35.8 Å². The molecule has 1 fully saturated rings. The van der Waals surface area contributed by atoms with Crippen LogP contribution < -0.4 is 5.32 Å². The molecule has 1 unspecified atom stereocenters. The minimum absolute atomic E-state index is 0.565. The van der Waals surface area contributed by atoms with Crippen molar-refractivity contribution < 1.29 is 0 Å². The van der Waals surface area contributed by atoms with E-state index in [-0.39, 0.29) is 0 Å². The largest absolute Gasteiger partial charge is 0.305 e. The molecule has 1 aliphatic rings. The van der Waals surface area contributed by atoms with Crippen molar-refractivity contribution >= 4 is 11.3 Å². The van der Waals surface area contributed by atoms with Crippen molar-refractivity contribution in [2.24, 2.45) is 5.92 Å². The smallest absolute Gasteiger partial charge is 0.0446 e. The van der Waals surface area contributed by atoms with Crippen molar-refractivity contribution in [2.75, 3.05) is 0 Å². The molecular weight excluding hydrogens is 226 g/mol. The zero-order chi connectivity index (χ0) is 11.5. The van der Waals surface area contributed by atoms with Crippen molar-refractivity contribution in [3.05, 3.63) is 58.3 Å². The molecule has 1 heterocycles. The van der Waals surface area contributed by atoms with Gasteiger partial charge in [0.15, 0.2) is 0 Å². The average molecular weight is 243 g/mol. The van der Waals surface area contributed by atoms with E-state index in [2.05, 4.69) is 53.2 Å². The summed E-state index contributed by atoms with van der Waals surface area (Å²) in [5.41, 5.74) is 1.37. The van der Waals surface area contributed by atoms with Gasteiger partial charge in [0.2, 0.25) is 0 Å². The Labute approximate surface area is 106 Å². The van der Waals surface area contributed by atoms with E-state index < -0.39 is 0 Å². The zero-order valence-electron chi connectivity index (χ0n) is 9.80. The Morgan fingerprint density at radius 2 is 1.94 bits per heavy atom. The van der Waals surface area contributed by atoms with Gasteiger partial charge in [-0.1, -0.05) is 36.4 Å². The van der Waals surface area contributed by atoms with Crippen LogP contribution in [0.4, 0.5) is 0 Å². The lowest BCUT2D eigenvalue weighted by molar-refractivity contribution is 0.487. The number of rotatable bonds is 5. The molecule has 88 valence electrons. The fourth-order valence-corrected chi connectivity index (χ4v) is 3.11. The summed E-state index contributed by atoms with van der Waals surface area (Å²) in [7, 11) is 0. The Bertz CT molecular complexity index is 445. The average Bonchev–Trinajstić information content (AvgIpc) is 3.06. The lowest BCUT2D eigenvalue weighted by Gasteiger charge is -2.16. The van der Waals surface area contributed by atoms with Crippen LogP contribution in [0.5, 0.6) is 0 Å². The first-order valence-electron chi connectivity index (χ1n) is 6.24. The first kappa shape index (κ1) is 11.0. The van der Waals surface area contributed by atoms with Crippen LogP contribution in [0.25, 0.3) is 0 Å². The molecule has 0 radical (unpaired) electrons. The predicted molar refractivity (Wildman–Crippen MR) is 73.1 cm³/mol. The van der Waals surface area contributed by atoms with Gasteiger partial charge in [0.05, 0.1) is 0 Å². The molecule has 0 saturated heterocycles. The standard InChI is InChI=1S/C15H17NS/c1-2-5-12(6-3-1)11-16-15(13-8-9-13)14-7-4-10-17-14/h1-7,10,13,15-16H,8-9,11H2. The third kappa shape index (κ3) is 2.76. The normalized spacial score (nSPS) is 16.9. The van der Waals surface area contributed by atoms with Crippen LogP contribution in [-0.2, 0) is 6.54 Å². The van der Waals surface area contributed by atoms with Crippen LogP contribution in [0, 0.1) is 5.92 Å². The van der Waals surface area contributed by atoms with Gasteiger partial charge in [0.25, 0.3) is 0 Å². The van der Waals surface area contributed by atoms with E-state index in [0.29, 0.717) is 6.04 Å². The molecule has 3 rings (SSSR count). The first-order valence-corrected chi connectivity index (χ1v) is 7.12. The Morgan fingerprint density at radius 1 is 1.12 bits per heavy atom. The summed E-state index contributed by atoms with van der Waals surface area (Å²) in [6.07, 6.45) is 2.76. The maximum absolute atomic E-state index is 3.71. The highest BCUT2D eigenvalue weighted by Gasteiger charge is 2.32. The molecule has 2 heteroatoms. The minimum Gasteiger partial charge on any atom is -0.305 e. The quantitative estimate of drug-likeness (QED) is 0.837. The van der Waals surface area contributed by atoms with Crippen molar-refractivity contribution in [1.82, 2.24) is 5.32 Å². The SMILES string of the molecule is c1ccc(CNC(c2cccs2)C2CC2)cc1. The fourth-order valence-electron chi connectivity index (χ4n) is 2.22. The van der Waals surface area contributed by atoms with Gasteiger partial charge in [0, 0.05) is 17.5 Å². The zero-order valence-corrected chi connectivity index (χ0v) is 10.6. The molecule has 2 aromatic rings. The van der Waals surface area contributed by atoms with Gasteiger partial charge in [0.1, 0.15) is 0 Å². The second-order valence-electron chi connectivity index (χ2n) is 4.70. The van der Waals surface area contributed by atoms with E-state index in [1.807, 2.05) is 11.3 Å². The summed E-state index contributed by atoms with van der Waals surface area (Å²) in [4.78, 5) is 1.49. The molecule has 0 amide bonds. The van der Waals surface area contributed by atoms with Gasteiger partial charge in [-0.3, -0.25) is 0 Å². The summed E-state index contributed by atoms with van der Waals surface area (Å²) >= 11 is 1.87. The van der Waals surface area contributed by atoms with Crippen molar-refractivity contribution in [1.29, 1.82) is 0 Å². The Morgan fingerprint density at radius 3 is 2.59 bits per heavy atom. The van der Waals surface area contributed by atoms with Crippen molar-refractivity contribution in [3.8, 4) is 0 Å². The summed E-state index contributed by atoms with van der Waals surface area (Å²) in [6, 6.07) is 15.6. The van der Waals surface area contributed by atoms with E-state index in [1.54, 1.807) is 0 Å². The van der Waals surface area contributed by atoms with Crippen LogP contribution in [0.3, 0.4) is 0 Å². The number of thiophene rings is 1. The molecule has 17 heavy (non-hydrogen) atoms. The lowest BCUT2D eigenvalue weighted by atomic mass is 10.1. The van der Waals surface area contributed by atoms with E-state index in [9.17, 15) is 0 Å². The Kier molecular flexibility index (Phi) is 3.25. The van der Waals surface area contributed by atoms with E-state index in [0.717, 1.165) is 12.5 Å². The van der Waals surface area contributed by atoms with Crippen molar-refractivity contribution in [2.45, 2.75) is 25.4 Å². The molecule has 1 nitrogen and oxygen atoms in total. The molecule has 1 aromatic carbocycles. The summed E-state index contributed by atoms with van der Waals surface area (Å²) in [6.45, 7) is 0.972. The summed E-state index contributed by atoms with van der Waals surface area (Å²) < 4.78 is 0. The van der Waals surface area contributed by atoms with Gasteiger partial charge >= 0.3 is 0 Å². The van der Waals surface area contributed by atoms with Crippen LogP contribution in [0.15, 0.2) is 47.8 Å². The number of hydrogen-bond acceptors (Lipinski definition) is 2. The molecular formula is C15H17NS. The number of hydrogen-bond donors (Lipinski definition) is 1. The number of benzene rings is 1. The summed E-state index contributed by atoms with van der Waals surface area (Å²) in [5.74, 6) is 0.859. The first-order chi connectivity index (χ1) is 8.43. The maximum Gasteiger partial charge on any atom is 0.0446 e. The van der Waals surface area contributed by atoms with Gasteiger partial charge in [-0.2, -0.15) is 0 Å². The van der Waals surface area contributed by atoms with Crippen molar-refractivity contribution in [3.63, 3.8) is 0 Å². The molecule has 0 aliphatic heterocycles. The second kappa shape index (κ2) is 5.03. The molecule has 1 aliphatic carbocycles. The Hall–Kier alpha value is -1.12. The van der Waals surface area contributed by atoms with Gasteiger partial charge in [-0.25, -0.2) is 0 Å². The fraction of sp³-hybridized carbons (Fsp3) is 0.333. The van der Waals surface area contributed by atoms with E-state index in [4.69, 9.17) is 0 Å². The third-order valence-corrected chi connectivity index (χ3v) is 4.27. The second-order valence-corrected chi connectivity index (χ2v) is 5.68. The number of nitrogens with one attached hydrogen (secondary N) is 1. The molecule has 0 spiro atoms. The highest BCUT2D eigenvalue weighted by Crippen LogP contribution is 2.42. The molecule has 1 N–H and O–H groups in total. The van der Waals surface area contributed by atoms with Crippen LogP contribution in [0.2, 0.25) is 0 Å². The van der Waals surface area contributed by atoms with Gasteiger partial charge in [-0.15, -0.1) is 11.3 Å². The summed E-state index contributed by atoms with van der Waals surface area (Å²) in [5, 5.41) is 5.89. The predicted octanol–water partition coefficient (Wildman–Crippen LogP) is 3.99. The molecule has 0 bridgehead atoms. The van der Waals surface area contributed by atoms with Crippen LogP contribution in [-0.4, -0.2) is 0 Å². The van der Waals surface area contributed by atoms with E-state index >= 15 is 0 Å². The maximum atomic E-state index is 3.71.